The third-order valence-corrected chi connectivity index (χ3v) is 3.29. The van der Waals surface area contributed by atoms with Crippen LogP contribution in [0.15, 0.2) is 30.3 Å². The van der Waals surface area contributed by atoms with Crippen LogP contribution in [0.1, 0.15) is 20.3 Å². The number of benzene rings is 1. The summed E-state index contributed by atoms with van der Waals surface area (Å²) in [6, 6.07) is 9.57. The van der Waals surface area contributed by atoms with E-state index in [4.69, 9.17) is 15.2 Å². The number of ether oxygens (including phenoxy) is 2. The van der Waals surface area contributed by atoms with Crippen molar-refractivity contribution < 1.29 is 14.3 Å². The lowest BCUT2D eigenvalue weighted by Gasteiger charge is -2.28. The van der Waals surface area contributed by atoms with Gasteiger partial charge in [-0.2, -0.15) is 0 Å². The fourth-order valence-electron chi connectivity index (χ4n) is 1.89. The molecule has 112 valence electrons. The molecule has 0 saturated heterocycles. The first-order chi connectivity index (χ1) is 9.48. The third kappa shape index (κ3) is 5.19. The van der Waals surface area contributed by atoms with Gasteiger partial charge >= 0.3 is 0 Å². The second-order valence-corrected chi connectivity index (χ2v) is 4.99. The molecule has 0 aliphatic heterocycles. The molecule has 0 radical (unpaired) electrons. The smallest absolute Gasteiger partial charge is 0.237 e. The first kappa shape index (κ1) is 16.5. The minimum absolute atomic E-state index is 0.0840. The van der Waals surface area contributed by atoms with Crippen LogP contribution in [0.4, 0.5) is 0 Å². The number of primary amides is 1. The molecule has 1 rings (SSSR count). The number of rotatable bonds is 9. The van der Waals surface area contributed by atoms with Gasteiger partial charge in [-0.15, -0.1) is 0 Å². The second kappa shape index (κ2) is 7.87. The number of carbonyl (C=O) groups is 1. The van der Waals surface area contributed by atoms with Crippen LogP contribution in [0.2, 0.25) is 0 Å². The zero-order valence-corrected chi connectivity index (χ0v) is 12.4. The van der Waals surface area contributed by atoms with Crippen LogP contribution < -0.4 is 15.8 Å². The minimum Gasteiger partial charge on any atom is -0.491 e. The minimum atomic E-state index is -0.750. The van der Waals surface area contributed by atoms with Crippen molar-refractivity contribution in [1.82, 2.24) is 5.32 Å². The maximum Gasteiger partial charge on any atom is 0.237 e. The fourth-order valence-corrected chi connectivity index (χ4v) is 1.89. The molecular formula is C15H24N2O3. The normalized spacial score (nSPS) is 15.3. The van der Waals surface area contributed by atoms with Gasteiger partial charge in [0.05, 0.1) is 18.2 Å². The van der Waals surface area contributed by atoms with E-state index >= 15 is 0 Å². The lowest BCUT2D eigenvalue weighted by atomic mass is 9.94. The Morgan fingerprint density at radius 1 is 1.35 bits per heavy atom. The highest BCUT2D eigenvalue weighted by atomic mass is 16.5. The zero-order valence-electron chi connectivity index (χ0n) is 12.4. The van der Waals surface area contributed by atoms with Crippen molar-refractivity contribution in [1.29, 1.82) is 0 Å². The molecule has 0 bridgehead atoms. The predicted octanol–water partition coefficient (Wildman–Crippen LogP) is 1.32. The van der Waals surface area contributed by atoms with Gasteiger partial charge in [0.1, 0.15) is 12.4 Å². The number of amides is 1. The van der Waals surface area contributed by atoms with Crippen molar-refractivity contribution in [2.24, 2.45) is 5.73 Å². The van der Waals surface area contributed by atoms with Crippen LogP contribution in [0.25, 0.3) is 0 Å². The van der Waals surface area contributed by atoms with Gasteiger partial charge < -0.3 is 20.5 Å². The molecule has 0 fully saturated rings. The van der Waals surface area contributed by atoms with Crippen LogP contribution >= 0.6 is 0 Å². The number of nitrogens with two attached hydrogens (primary N) is 1. The van der Waals surface area contributed by atoms with Crippen molar-refractivity contribution in [3.63, 3.8) is 0 Å². The van der Waals surface area contributed by atoms with E-state index in [0.717, 1.165) is 5.75 Å². The van der Waals surface area contributed by atoms with Gasteiger partial charge in [0.25, 0.3) is 0 Å². The number of hydrogen-bond acceptors (Lipinski definition) is 4. The van der Waals surface area contributed by atoms with Crippen LogP contribution in [0.5, 0.6) is 5.75 Å². The Balaban J connectivity index is 2.26. The first-order valence-electron chi connectivity index (χ1n) is 6.76. The molecule has 2 unspecified atom stereocenters. The summed E-state index contributed by atoms with van der Waals surface area (Å²) in [4.78, 5) is 11.4. The average Bonchev–Trinajstić information content (AvgIpc) is 2.44. The third-order valence-electron chi connectivity index (χ3n) is 3.29. The molecule has 0 aliphatic rings. The van der Waals surface area contributed by atoms with Crippen molar-refractivity contribution in [3.8, 4) is 5.75 Å². The average molecular weight is 280 g/mol. The summed E-state index contributed by atoms with van der Waals surface area (Å²) in [6.45, 7) is 4.63. The quantitative estimate of drug-likeness (QED) is 0.669. The fraction of sp³-hybridized carbons (Fsp3) is 0.533. The largest absolute Gasteiger partial charge is 0.491 e. The molecule has 0 saturated carbocycles. The van der Waals surface area contributed by atoms with E-state index in [-0.39, 0.29) is 12.0 Å². The number of para-hydroxylation sites is 1. The lowest BCUT2D eigenvalue weighted by molar-refractivity contribution is -0.125. The number of nitrogens with one attached hydrogen (secondary N) is 1. The molecule has 0 aromatic heterocycles. The van der Waals surface area contributed by atoms with Gasteiger partial charge in [0.15, 0.2) is 0 Å². The van der Waals surface area contributed by atoms with Crippen LogP contribution in [-0.4, -0.2) is 37.8 Å². The molecule has 1 aromatic rings. The molecule has 3 N–H and O–H groups in total. The summed E-state index contributed by atoms with van der Waals surface area (Å²) in [5.74, 6) is 0.442. The summed E-state index contributed by atoms with van der Waals surface area (Å²) in [5.41, 5.74) is 4.63. The second-order valence-electron chi connectivity index (χ2n) is 4.99. The van der Waals surface area contributed by atoms with Crippen molar-refractivity contribution in [2.75, 3.05) is 20.3 Å². The Labute approximate surface area is 120 Å². The summed E-state index contributed by atoms with van der Waals surface area (Å²) in [5, 5.41) is 2.94. The van der Waals surface area contributed by atoms with E-state index in [1.54, 1.807) is 14.0 Å². The summed E-state index contributed by atoms with van der Waals surface area (Å²) < 4.78 is 11.2. The van der Waals surface area contributed by atoms with E-state index in [9.17, 15) is 4.79 Å². The SMILES string of the molecule is CNC(C)(CC(C)OCCOc1ccccc1)C(N)=O. The van der Waals surface area contributed by atoms with Crippen molar-refractivity contribution in [2.45, 2.75) is 31.9 Å². The van der Waals surface area contributed by atoms with Crippen molar-refractivity contribution >= 4 is 5.91 Å². The topological polar surface area (TPSA) is 73.6 Å². The number of likely N-dealkylation sites (N-methyl/N-ethyl adjacent to an activating group) is 1. The van der Waals surface area contributed by atoms with E-state index in [1.807, 2.05) is 37.3 Å². The monoisotopic (exact) mass is 280 g/mol. The lowest BCUT2D eigenvalue weighted by Crippen LogP contribution is -2.53. The predicted molar refractivity (Wildman–Crippen MR) is 78.6 cm³/mol. The highest BCUT2D eigenvalue weighted by Crippen LogP contribution is 2.14. The van der Waals surface area contributed by atoms with Gasteiger partial charge in [0, 0.05) is 6.42 Å². The van der Waals surface area contributed by atoms with E-state index in [1.165, 1.54) is 0 Å². The van der Waals surface area contributed by atoms with Gasteiger partial charge in [-0.1, -0.05) is 18.2 Å². The molecular weight excluding hydrogens is 256 g/mol. The zero-order chi connectivity index (χ0) is 15.0. The Hall–Kier alpha value is -1.59. The molecule has 1 aromatic carbocycles. The molecule has 5 heteroatoms. The Morgan fingerprint density at radius 2 is 2.00 bits per heavy atom. The molecule has 1 amide bonds. The molecule has 5 nitrogen and oxygen atoms in total. The van der Waals surface area contributed by atoms with Crippen LogP contribution in [0, 0.1) is 0 Å². The number of hydrogen-bond donors (Lipinski definition) is 2. The van der Waals surface area contributed by atoms with Gasteiger partial charge in [-0.05, 0) is 33.0 Å². The molecule has 0 aliphatic carbocycles. The molecule has 0 heterocycles. The summed E-state index contributed by atoms with van der Waals surface area (Å²) >= 11 is 0. The number of carbonyl (C=O) groups excluding carboxylic acids is 1. The Kier molecular flexibility index (Phi) is 6.48. The summed E-state index contributed by atoms with van der Waals surface area (Å²) in [7, 11) is 1.72. The molecule has 0 spiro atoms. The first-order valence-corrected chi connectivity index (χ1v) is 6.76. The molecule has 20 heavy (non-hydrogen) atoms. The summed E-state index contributed by atoms with van der Waals surface area (Å²) in [6.07, 6.45) is 0.434. The van der Waals surface area contributed by atoms with Crippen LogP contribution in [0.3, 0.4) is 0 Å². The van der Waals surface area contributed by atoms with Crippen LogP contribution in [-0.2, 0) is 9.53 Å². The van der Waals surface area contributed by atoms with Gasteiger partial charge in [-0.3, -0.25) is 4.79 Å². The maximum atomic E-state index is 11.4. The highest BCUT2D eigenvalue weighted by Gasteiger charge is 2.31. The van der Waals surface area contributed by atoms with E-state index in [0.29, 0.717) is 19.6 Å². The Bertz CT molecular complexity index is 411. The highest BCUT2D eigenvalue weighted by molar-refractivity contribution is 5.84. The van der Waals surface area contributed by atoms with E-state index in [2.05, 4.69) is 5.32 Å². The standard InChI is InChI=1S/C15H24N2O3/c1-12(11-15(2,17-3)14(16)18)19-9-10-20-13-7-5-4-6-8-13/h4-8,12,17H,9-11H2,1-3H3,(H2,16,18). The van der Waals surface area contributed by atoms with E-state index < -0.39 is 5.54 Å². The van der Waals surface area contributed by atoms with Gasteiger partial charge in [0.2, 0.25) is 5.91 Å². The Morgan fingerprint density at radius 3 is 2.55 bits per heavy atom. The maximum absolute atomic E-state index is 11.4. The van der Waals surface area contributed by atoms with Gasteiger partial charge in [-0.25, -0.2) is 0 Å². The van der Waals surface area contributed by atoms with Crippen molar-refractivity contribution in [3.05, 3.63) is 30.3 Å². The molecule has 2 atom stereocenters.